The number of aryl methyl sites for hydroxylation is 1. The van der Waals surface area contributed by atoms with Crippen LogP contribution in [-0.4, -0.2) is 28.8 Å². The van der Waals surface area contributed by atoms with Gasteiger partial charge in [-0.05, 0) is 37.0 Å². The SMILES string of the molecule is O=C(O)c1cccc(OCCCCc2ccccc2)c1C(=O)O. The molecule has 0 atom stereocenters. The van der Waals surface area contributed by atoms with Crippen LogP contribution in [0.25, 0.3) is 0 Å². The highest BCUT2D eigenvalue weighted by Crippen LogP contribution is 2.23. The number of unbranched alkanes of at least 4 members (excludes halogenated alkanes) is 1. The third kappa shape index (κ3) is 4.57. The van der Waals surface area contributed by atoms with Gasteiger partial charge in [0.1, 0.15) is 11.3 Å². The predicted molar refractivity (Wildman–Crippen MR) is 85.2 cm³/mol. The van der Waals surface area contributed by atoms with Crippen LogP contribution >= 0.6 is 0 Å². The molecule has 2 rings (SSSR count). The molecule has 0 saturated heterocycles. The molecule has 0 heterocycles. The Bertz CT molecular complexity index is 679. The van der Waals surface area contributed by atoms with Crippen molar-refractivity contribution in [3.63, 3.8) is 0 Å². The van der Waals surface area contributed by atoms with E-state index in [1.165, 1.54) is 23.8 Å². The van der Waals surface area contributed by atoms with Crippen molar-refractivity contribution in [3.8, 4) is 5.75 Å². The van der Waals surface area contributed by atoms with Crippen molar-refractivity contribution in [1.29, 1.82) is 0 Å². The molecule has 2 N–H and O–H groups in total. The van der Waals surface area contributed by atoms with E-state index in [1.807, 2.05) is 18.2 Å². The van der Waals surface area contributed by atoms with Gasteiger partial charge < -0.3 is 14.9 Å². The molecule has 0 unspecified atom stereocenters. The van der Waals surface area contributed by atoms with Gasteiger partial charge in [-0.3, -0.25) is 0 Å². The van der Waals surface area contributed by atoms with E-state index >= 15 is 0 Å². The zero-order chi connectivity index (χ0) is 16.7. The van der Waals surface area contributed by atoms with E-state index in [1.54, 1.807) is 0 Å². The highest BCUT2D eigenvalue weighted by atomic mass is 16.5. The summed E-state index contributed by atoms with van der Waals surface area (Å²) in [5.74, 6) is -2.49. The first-order valence-electron chi connectivity index (χ1n) is 7.36. The Hall–Kier alpha value is -2.82. The van der Waals surface area contributed by atoms with Gasteiger partial charge >= 0.3 is 11.9 Å². The molecule has 0 aliphatic rings. The molecule has 0 aliphatic carbocycles. The quantitative estimate of drug-likeness (QED) is 0.729. The van der Waals surface area contributed by atoms with Gasteiger partial charge in [0.2, 0.25) is 0 Å². The molecular formula is C18H18O5. The van der Waals surface area contributed by atoms with Crippen molar-refractivity contribution in [2.45, 2.75) is 19.3 Å². The standard InChI is InChI=1S/C18H18O5/c19-17(20)14-10-6-11-15(16(14)18(21)22)23-12-5-4-9-13-7-2-1-3-8-13/h1-3,6-8,10-11H,4-5,9,12H2,(H,19,20)(H,21,22). The van der Waals surface area contributed by atoms with Gasteiger partial charge in [0.25, 0.3) is 0 Å². The molecule has 0 aliphatic heterocycles. The lowest BCUT2D eigenvalue weighted by atomic mass is 10.1. The second-order valence-corrected chi connectivity index (χ2v) is 5.08. The van der Waals surface area contributed by atoms with E-state index < -0.39 is 11.9 Å². The van der Waals surface area contributed by atoms with Crippen LogP contribution in [0.4, 0.5) is 0 Å². The lowest BCUT2D eigenvalue weighted by Gasteiger charge is -2.11. The molecule has 2 aromatic rings. The molecule has 2 aromatic carbocycles. The number of ether oxygens (including phenoxy) is 1. The fourth-order valence-electron chi connectivity index (χ4n) is 2.31. The summed E-state index contributed by atoms with van der Waals surface area (Å²) in [6, 6.07) is 14.3. The van der Waals surface area contributed by atoms with Gasteiger partial charge in [0.05, 0.1) is 12.2 Å². The second kappa shape index (κ2) is 7.98. The summed E-state index contributed by atoms with van der Waals surface area (Å²) in [7, 11) is 0. The first-order chi connectivity index (χ1) is 11.1. The average molecular weight is 314 g/mol. The number of aromatic carboxylic acids is 2. The number of hydrogen-bond donors (Lipinski definition) is 2. The topological polar surface area (TPSA) is 83.8 Å². The summed E-state index contributed by atoms with van der Waals surface area (Å²) in [6.45, 7) is 0.343. The van der Waals surface area contributed by atoms with Crippen LogP contribution in [-0.2, 0) is 6.42 Å². The maximum absolute atomic E-state index is 11.3. The van der Waals surface area contributed by atoms with E-state index in [-0.39, 0.29) is 16.9 Å². The lowest BCUT2D eigenvalue weighted by molar-refractivity contribution is 0.0647. The minimum Gasteiger partial charge on any atom is -0.493 e. The Morgan fingerprint density at radius 2 is 1.61 bits per heavy atom. The summed E-state index contributed by atoms with van der Waals surface area (Å²) >= 11 is 0. The van der Waals surface area contributed by atoms with Crippen molar-refractivity contribution in [1.82, 2.24) is 0 Å². The Morgan fingerprint density at radius 3 is 2.26 bits per heavy atom. The van der Waals surface area contributed by atoms with Crippen LogP contribution < -0.4 is 4.74 Å². The zero-order valence-corrected chi connectivity index (χ0v) is 12.6. The van der Waals surface area contributed by atoms with E-state index in [9.17, 15) is 14.7 Å². The third-order valence-electron chi connectivity index (χ3n) is 3.43. The molecular weight excluding hydrogens is 296 g/mol. The van der Waals surface area contributed by atoms with Crippen LogP contribution in [0.15, 0.2) is 48.5 Å². The van der Waals surface area contributed by atoms with Crippen molar-refractivity contribution in [3.05, 3.63) is 65.2 Å². The molecule has 0 aromatic heterocycles. The first-order valence-corrected chi connectivity index (χ1v) is 7.36. The Morgan fingerprint density at radius 1 is 0.870 bits per heavy atom. The van der Waals surface area contributed by atoms with Gasteiger partial charge in [0, 0.05) is 0 Å². The fourth-order valence-corrected chi connectivity index (χ4v) is 2.31. The van der Waals surface area contributed by atoms with Crippen LogP contribution in [0.5, 0.6) is 5.75 Å². The van der Waals surface area contributed by atoms with Crippen LogP contribution in [0, 0.1) is 0 Å². The molecule has 0 bridgehead atoms. The highest BCUT2D eigenvalue weighted by molar-refractivity contribution is 6.03. The molecule has 0 saturated carbocycles. The molecule has 23 heavy (non-hydrogen) atoms. The van der Waals surface area contributed by atoms with Crippen molar-refractivity contribution < 1.29 is 24.5 Å². The van der Waals surface area contributed by atoms with Crippen molar-refractivity contribution in [2.24, 2.45) is 0 Å². The Balaban J connectivity index is 1.92. The number of carboxylic acid groups (broad SMARTS) is 2. The van der Waals surface area contributed by atoms with Crippen molar-refractivity contribution >= 4 is 11.9 Å². The minimum absolute atomic E-state index is 0.0945. The Labute approximate surface area is 134 Å². The molecule has 0 spiro atoms. The summed E-state index contributed by atoms with van der Waals surface area (Å²) in [4.78, 5) is 22.4. The third-order valence-corrected chi connectivity index (χ3v) is 3.43. The van der Waals surface area contributed by atoms with Gasteiger partial charge in [-0.1, -0.05) is 36.4 Å². The number of carboxylic acids is 2. The number of hydrogen-bond acceptors (Lipinski definition) is 3. The summed E-state index contributed by atoms with van der Waals surface area (Å²) < 4.78 is 5.48. The van der Waals surface area contributed by atoms with Crippen molar-refractivity contribution in [2.75, 3.05) is 6.61 Å². The maximum Gasteiger partial charge on any atom is 0.340 e. The monoisotopic (exact) mass is 314 g/mol. The summed E-state index contributed by atoms with van der Waals surface area (Å²) in [5, 5.41) is 18.3. The molecule has 0 fully saturated rings. The highest BCUT2D eigenvalue weighted by Gasteiger charge is 2.20. The van der Waals surface area contributed by atoms with E-state index in [0.29, 0.717) is 6.61 Å². The average Bonchev–Trinajstić information content (AvgIpc) is 2.55. The van der Waals surface area contributed by atoms with Gasteiger partial charge in [-0.15, -0.1) is 0 Å². The number of carbonyl (C=O) groups is 2. The number of benzene rings is 2. The smallest absolute Gasteiger partial charge is 0.340 e. The molecule has 5 heteroatoms. The molecule has 0 amide bonds. The Kier molecular flexibility index (Phi) is 5.74. The number of rotatable bonds is 8. The normalized spacial score (nSPS) is 10.3. The molecule has 120 valence electrons. The van der Waals surface area contributed by atoms with Crippen LogP contribution in [0.1, 0.15) is 39.1 Å². The fraction of sp³-hybridized carbons (Fsp3) is 0.222. The lowest BCUT2D eigenvalue weighted by Crippen LogP contribution is -2.11. The molecule has 5 nitrogen and oxygen atoms in total. The van der Waals surface area contributed by atoms with E-state index in [4.69, 9.17) is 9.84 Å². The minimum atomic E-state index is -1.30. The van der Waals surface area contributed by atoms with Crippen LogP contribution in [0.2, 0.25) is 0 Å². The maximum atomic E-state index is 11.3. The second-order valence-electron chi connectivity index (χ2n) is 5.08. The van der Waals surface area contributed by atoms with Gasteiger partial charge in [-0.2, -0.15) is 0 Å². The van der Waals surface area contributed by atoms with Gasteiger partial charge in [-0.25, -0.2) is 9.59 Å². The summed E-state index contributed by atoms with van der Waals surface area (Å²) in [6.07, 6.45) is 2.58. The van der Waals surface area contributed by atoms with Crippen LogP contribution in [0.3, 0.4) is 0 Å². The summed E-state index contributed by atoms with van der Waals surface area (Å²) in [5.41, 5.74) is 0.675. The van der Waals surface area contributed by atoms with E-state index in [2.05, 4.69) is 12.1 Å². The van der Waals surface area contributed by atoms with E-state index in [0.717, 1.165) is 19.3 Å². The van der Waals surface area contributed by atoms with Gasteiger partial charge in [0.15, 0.2) is 0 Å². The molecule has 0 radical (unpaired) electrons. The first kappa shape index (κ1) is 16.5. The largest absolute Gasteiger partial charge is 0.493 e. The zero-order valence-electron chi connectivity index (χ0n) is 12.6. The predicted octanol–water partition coefficient (Wildman–Crippen LogP) is 3.48.